The fraction of sp³-hybridized carbons (Fsp3) is 0.944. The van der Waals surface area contributed by atoms with Crippen LogP contribution in [0.5, 0.6) is 0 Å². The Labute approximate surface area is 178 Å². The molecule has 0 spiro atoms. The summed E-state index contributed by atoms with van der Waals surface area (Å²) in [6.45, 7) is 2.27. The summed E-state index contributed by atoms with van der Waals surface area (Å²) in [6.07, 6.45) is 20.0. The monoisotopic (exact) mass is 440 g/mol. The van der Waals surface area contributed by atoms with Crippen LogP contribution in [-0.4, -0.2) is 60.1 Å². The van der Waals surface area contributed by atoms with Crippen molar-refractivity contribution >= 4 is 54.9 Å². The molecule has 1 N–H and O–H groups in total. The van der Waals surface area contributed by atoms with Crippen molar-refractivity contribution in [1.82, 2.24) is 0 Å². The maximum absolute atomic E-state index is 10.7. The summed E-state index contributed by atoms with van der Waals surface area (Å²) in [4.78, 5) is 14.3. The molecule has 0 aliphatic rings. The first kappa shape index (κ1) is 25.2. The van der Waals surface area contributed by atoms with Crippen LogP contribution in [0, 0.1) is 0 Å². The molecule has 0 aromatic rings. The van der Waals surface area contributed by atoms with Gasteiger partial charge in [-0.25, -0.2) is 4.79 Å². The third-order valence-electron chi connectivity index (χ3n) is 4.09. The Kier molecular flexibility index (Phi) is 25.2. The fourth-order valence-corrected chi connectivity index (χ4v) is 2.69. The Morgan fingerprint density at radius 1 is 0.682 bits per heavy atom. The Bertz CT molecular complexity index is 222. The van der Waals surface area contributed by atoms with Crippen LogP contribution in [0.2, 0.25) is 0 Å². The van der Waals surface area contributed by atoms with Gasteiger partial charge in [0.15, 0.2) is 0 Å². The molecule has 0 rings (SSSR count). The minimum atomic E-state index is -0.510. The zero-order valence-corrected chi connectivity index (χ0v) is 14.1. The molecule has 0 aliphatic heterocycles. The van der Waals surface area contributed by atoms with Gasteiger partial charge in [0.25, 0.3) is 0 Å². The second-order valence-corrected chi connectivity index (χ2v) is 6.16. The van der Waals surface area contributed by atoms with Crippen LogP contribution in [0.4, 0.5) is 0 Å². The Hall–Kier alpha value is 1.00. The molecule has 22 heavy (non-hydrogen) atoms. The molecule has 0 heterocycles. The van der Waals surface area contributed by atoms with E-state index in [-0.39, 0.29) is 48.9 Å². The SMILES string of the molecule is CCCCCCCCCCCCCCCCCC(=O)OO.[BaH2]. The van der Waals surface area contributed by atoms with E-state index in [1.807, 2.05) is 0 Å². The van der Waals surface area contributed by atoms with Gasteiger partial charge in [0.2, 0.25) is 0 Å². The summed E-state index contributed by atoms with van der Waals surface area (Å²) in [5.74, 6) is -0.510. The van der Waals surface area contributed by atoms with E-state index in [4.69, 9.17) is 5.26 Å². The van der Waals surface area contributed by atoms with Crippen LogP contribution in [0.25, 0.3) is 0 Å². The molecule has 0 radical (unpaired) electrons. The van der Waals surface area contributed by atoms with E-state index in [0.717, 1.165) is 12.8 Å². The Morgan fingerprint density at radius 2 is 1.00 bits per heavy atom. The maximum atomic E-state index is 10.7. The predicted molar refractivity (Wildman–Crippen MR) is 96.8 cm³/mol. The molecule has 0 amide bonds. The van der Waals surface area contributed by atoms with Crippen LogP contribution in [0.1, 0.15) is 110 Å². The number of rotatable bonds is 16. The van der Waals surface area contributed by atoms with E-state index in [2.05, 4.69) is 11.8 Å². The van der Waals surface area contributed by atoms with Gasteiger partial charge in [0.05, 0.1) is 0 Å². The van der Waals surface area contributed by atoms with Gasteiger partial charge in [0.1, 0.15) is 0 Å². The van der Waals surface area contributed by atoms with E-state index in [0.29, 0.717) is 6.42 Å². The van der Waals surface area contributed by atoms with Crippen molar-refractivity contribution in [1.29, 1.82) is 0 Å². The van der Waals surface area contributed by atoms with Crippen LogP contribution < -0.4 is 0 Å². The molecule has 0 bridgehead atoms. The first-order valence-corrected chi connectivity index (χ1v) is 9.15. The fourth-order valence-electron chi connectivity index (χ4n) is 2.69. The standard InChI is InChI=1S/C18H36O3.Ba.2H/c1-2-3-4-5-6-7-8-9-10-11-12-13-14-15-16-17-18(19)21-20;;;/h20H,2-17H2,1H3;;;. The molecule has 0 saturated carbocycles. The van der Waals surface area contributed by atoms with Gasteiger partial charge >= 0.3 is 54.9 Å². The van der Waals surface area contributed by atoms with Gasteiger partial charge in [0, 0.05) is 6.42 Å². The van der Waals surface area contributed by atoms with Crippen molar-refractivity contribution in [2.75, 3.05) is 0 Å². The number of unbranched alkanes of at least 4 members (excludes halogenated alkanes) is 14. The van der Waals surface area contributed by atoms with Gasteiger partial charge in [-0.1, -0.05) is 96.8 Å². The van der Waals surface area contributed by atoms with Crippen LogP contribution in [0.3, 0.4) is 0 Å². The normalized spacial score (nSPS) is 10.3. The number of hydrogen-bond acceptors (Lipinski definition) is 3. The van der Waals surface area contributed by atoms with Crippen molar-refractivity contribution in [2.45, 2.75) is 110 Å². The van der Waals surface area contributed by atoms with Gasteiger partial charge in [-0.3, -0.25) is 0 Å². The molecule has 0 aliphatic carbocycles. The zero-order valence-electron chi connectivity index (χ0n) is 14.1. The Morgan fingerprint density at radius 3 is 1.32 bits per heavy atom. The summed E-state index contributed by atoms with van der Waals surface area (Å²) in [5.41, 5.74) is 0. The van der Waals surface area contributed by atoms with Crippen molar-refractivity contribution in [3.05, 3.63) is 0 Å². The quantitative estimate of drug-likeness (QED) is 0.153. The second kappa shape index (κ2) is 22.0. The summed E-state index contributed by atoms with van der Waals surface area (Å²) in [6, 6.07) is 0. The topological polar surface area (TPSA) is 46.5 Å². The second-order valence-electron chi connectivity index (χ2n) is 6.16. The molecular weight excluding hydrogens is 402 g/mol. The van der Waals surface area contributed by atoms with Crippen molar-refractivity contribution in [2.24, 2.45) is 0 Å². The molecule has 0 saturated heterocycles. The van der Waals surface area contributed by atoms with Gasteiger partial charge < -0.3 is 4.89 Å². The van der Waals surface area contributed by atoms with Crippen molar-refractivity contribution in [3.63, 3.8) is 0 Å². The van der Waals surface area contributed by atoms with E-state index >= 15 is 0 Å². The van der Waals surface area contributed by atoms with Crippen LogP contribution in [-0.2, 0) is 9.68 Å². The molecule has 0 aromatic carbocycles. The van der Waals surface area contributed by atoms with Crippen molar-refractivity contribution in [3.8, 4) is 0 Å². The molecule has 0 aromatic heterocycles. The first-order chi connectivity index (χ1) is 10.3. The molecule has 0 fully saturated rings. The number of carbonyl (C=O) groups is 1. The third kappa shape index (κ3) is 21.0. The molecular formula is C18H38BaO3. The minimum absolute atomic E-state index is 0. The summed E-state index contributed by atoms with van der Waals surface area (Å²) < 4.78 is 0. The molecule has 4 heteroatoms. The van der Waals surface area contributed by atoms with Crippen LogP contribution in [0.15, 0.2) is 0 Å². The summed E-state index contributed by atoms with van der Waals surface area (Å²) >= 11 is 0. The van der Waals surface area contributed by atoms with Crippen LogP contribution >= 0.6 is 0 Å². The average molecular weight is 440 g/mol. The Balaban J connectivity index is 0. The third-order valence-corrected chi connectivity index (χ3v) is 4.09. The number of hydrogen-bond donors (Lipinski definition) is 1. The predicted octanol–water partition coefficient (Wildman–Crippen LogP) is 5.35. The first-order valence-electron chi connectivity index (χ1n) is 9.15. The van der Waals surface area contributed by atoms with Gasteiger partial charge in [-0.2, -0.15) is 5.26 Å². The van der Waals surface area contributed by atoms with E-state index < -0.39 is 5.97 Å². The molecule has 3 nitrogen and oxygen atoms in total. The van der Waals surface area contributed by atoms with E-state index in [1.165, 1.54) is 83.5 Å². The molecule has 0 unspecified atom stereocenters. The summed E-state index contributed by atoms with van der Waals surface area (Å²) in [7, 11) is 0. The average Bonchev–Trinajstić information content (AvgIpc) is 2.50. The molecule has 130 valence electrons. The van der Waals surface area contributed by atoms with E-state index in [9.17, 15) is 4.79 Å². The zero-order chi connectivity index (χ0) is 15.6. The van der Waals surface area contributed by atoms with Gasteiger partial charge in [-0.15, -0.1) is 0 Å². The van der Waals surface area contributed by atoms with Crippen molar-refractivity contribution < 1.29 is 14.9 Å². The van der Waals surface area contributed by atoms with Gasteiger partial charge in [-0.05, 0) is 6.42 Å². The van der Waals surface area contributed by atoms with E-state index in [1.54, 1.807) is 0 Å². The number of carbonyl (C=O) groups excluding carboxylic acids is 1. The molecule has 0 atom stereocenters. The summed E-state index contributed by atoms with van der Waals surface area (Å²) in [5, 5.41) is 8.10.